The van der Waals surface area contributed by atoms with Gasteiger partial charge >= 0.3 is 6.03 Å². The van der Waals surface area contributed by atoms with Gasteiger partial charge < -0.3 is 19.3 Å². The number of hydrogen-bond acceptors (Lipinski definition) is 7. The Labute approximate surface area is 169 Å². The number of aliphatic imine (C=N–C) groups is 1. The summed E-state index contributed by atoms with van der Waals surface area (Å²) < 4.78 is 10.9. The molecule has 0 bridgehead atoms. The van der Waals surface area contributed by atoms with Crippen LogP contribution in [-0.2, 0) is 4.79 Å². The van der Waals surface area contributed by atoms with Crippen molar-refractivity contribution in [1.82, 2.24) is 14.7 Å². The molecule has 0 spiro atoms. The number of rotatable bonds is 5. The van der Waals surface area contributed by atoms with Crippen molar-refractivity contribution in [3.05, 3.63) is 30.1 Å². The third kappa shape index (κ3) is 2.72. The molecular formula is C20H25N5O4. The molecular weight excluding hydrogens is 374 g/mol. The van der Waals surface area contributed by atoms with E-state index in [2.05, 4.69) is 0 Å². The molecule has 0 radical (unpaired) electrons. The number of fused-ring (bicyclic) bond motifs is 3. The molecule has 1 fully saturated rings. The first-order valence-electron chi connectivity index (χ1n) is 9.57. The molecule has 3 aliphatic heterocycles. The summed E-state index contributed by atoms with van der Waals surface area (Å²) in [7, 11) is 4.89. The number of guanidine groups is 1. The summed E-state index contributed by atoms with van der Waals surface area (Å²) >= 11 is 0. The van der Waals surface area contributed by atoms with E-state index in [0.717, 1.165) is 11.4 Å². The van der Waals surface area contributed by atoms with Crippen molar-refractivity contribution in [2.24, 2.45) is 4.99 Å². The van der Waals surface area contributed by atoms with Crippen LogP contribution in [0.4, 0.5) is 10.5 Å². The maximum atomic E-state index is 13.1. The molecule has 9 nitrogen and oxygen atoms in total. The van der Waals surface area contributed by atoms with Crippen LogP contribution in [-0.4, -0.2) is 72.6 Å². The summed E-state index contributed by atoms with van der Waals surface area (Å²) in [6.07, 6.45) is 2.05. The number of hydrogen-bond donors (Lipinski definition) is 0. The van der Waals surface area contributed by atoms with Crippen LogP contribution in [0.3, 0.4) is 0 Å². The van der Waals surface area contributed by atoms with Crippen LogP contribution in [0.5, 0.6) is 11.5 Å². The predicted octanol–water partition coefficient (Wildman–Crippen LogP) is 2.06. The maximum absolute atomic E-state index is 13.1. The van der Waals surface area contributed by atoms with Gasteiger partial charge in [0.05, 0.1) is 19.9 Å². The van der Waals surface area contributed by atoms with E-state index in [4.69, 9.17) is 14.5 Å². The van der Waals surface area contributed by atoms with Crippen molar-refractivity contribution in [2.45, 2.75) is 32.5 Å². The lowest BCUT2D eigenvalue weighted by molar-refractivity contribution is -0.136. The molecule has 3 aliphatic rings. The number of amides is 3. The molecule has 0 aliphatic carbocycles. The van der Waals surface area contributed by atoms with Crippen LogP contribution in [0.25, 0.3) is 0 Å². The van der Waals surface area contributed by atoms with Gasteiger partial charge in [0.2, 0.25) is 5.96 Å². The molecule has 29 heavy (non-hydrogen) atoms. The molecule has 2 atom stereocenters. The number of ether oxygens (including phenoxy) is 2. The van der Waals surface area contributed by atoms with E-state index in [1.54, 1.807) is 32.2 Å². The molecule has 3 amide bonds. The Hall–Kier alpha value is -3.23. The second kappa shape index (κ2) is 6.98. The highest BCUT2D eigenvalue weighted by molar-refractivity contribution is 6.10. The van der Waals surface area contributed by atoms with Crippen LogP contribution in [0.1, 0.15) is 20.3 Å². The molecule has 1 aromatic rings. The average Bonchev–Trinajstić information content (AvgIpc) is 3.23. The van der Waals surface area contributed by atoms with Crippen molar-refractivity contribution in [2.75, 3.05) is 32.7 Å². The first-order valence-corrected chi connectivity index (χ1v) is 9.57. The molecule has 0 N–H and O–H groups in total. The van der Waals surface area contributed by atoms with Crippen LogP contribution < -0.4 is 14.4 Å². The number of anilines is 1. The number of urea groups is 1. The van der Waals surface area contributed by atoms with Gasteiger partial charge in [0.15, 0.2) is 12.2 Å². The van der Waals surface area contributed by atoms with Gasteiger partial charge in [0, 0.05) is 31.6 Å². The molecule has 2 unspecified atom stereocenters. The van der Waals surface area contributed by atoms with Crippen LogP contribution in [0.2, 0.25) is 0 Å². The van der Waals surface area contributed by atoms with Crippen molar-refractivity contribution >= 4 is 23.6 Å². The molecule has 9 heteroatoms. The first-order chi connectivity index (χ1) is 13.9. The second-order valence-electron chi connectivity index (χ2n) is 7.22. The van der Waals surface area contributed by atoms with Gasteiger partial charge in [0.25, 0.3) is 5.91 Å². The van der Waals surface area contributed by atoms with E-state index in [1.807, 2.05) is 42.0 Å². The third-order valence-electron chi connectivity index (χ3n) is 5.46. The zero-order valence-corrected chi connectivity index (χ0v) is 17.2. The normalized spacial score (nSPS) is 23.2. The van der Waals surface area contributed by atoms with Gasteiger partial charge in [-0.2, -0.15) is 0 Å². The molecule has 1 aromatic carbocycles. The predicted molar refractivity (Wildman–Crippen MR) is 108 cm³/mol. The SMILES string of the molecule is CCCN1C(=O)C2C(N=C3N(c4ccc(OC)cc4OC)C(C)=CN32)N(C)C1=O. The minimum Gasteiger partial charge on any atom is -0.497 e. The fourth-order valence-corrected chi connectivity index (χ4v) is 4.05. The number of carbonyl (C=O) groups excluding carboxylic acids is 2. The Bertz CT molecular complexity index is 927. The highest BCUT2D eigenvalue weighted by Gasteiger charge is 2.54. The smallest absolute Gasteiger partial charge is 0.328 e. The number of methoxy groups -OCH3 is 2. The van der Waals surface area contributed by atoms with E-state index in [0.29, 0.717) is 30.4 Å². The molecule has 4 rings (SSSR count). The van der Waals surface area contributed by atoms with E-state index in [1.165, 1.54) is 4.90 Å². The number of likely N-dealkylation sites (N-methyl/N-ethyl adjacent to an activating group) is 1. The minimum atomic E-state index is -0.566. The Morgan fingerprint density at radius 2 is 1.93 bits per heavy atom. The average molecular weight is 399 g/mol. The van der Waals surface area contributed by atoms with E-state index < -0.39 is 12.2 Å². The number of imide groups is 1. The monoisotopic (exact) mass is 399 g/mol. The van der Waals surface area contributed by atoms with Crippen molar-refractivity contribution in [3.8, 4) is 11.5 Å². The minimum absolute atomic E-state index is 0.216. The van der Waals surface area contributed by atoms with Crippen molar-refractivity contribution in [3.63, 3.8) is 0 Å². The van der Waals surface area contributed by atoms with Gasteiger partial charge in [-0.05, 0) is 25.5 Å². The van der Waals surface area contributed by atoms with E-state index in [-0.39, 0.29) is 11.9 Å². The Morgan fingerprint density at radius 3 is 2.59 bits per heavy atom. The summed E-state index contributed by atoms with van der Waals surface area (Å²) in [5, 5.41) is 0. The van der Waals surface area contributed by atoms with E-state index >= 15 is 0 Å². The topological polar surface area (TPSA) is 77.9 Å². The number of benzene rings is 1. The maximum Gasteiger partial charge on any atom is 0.328 e. The number of allylic oxidation sites excluding steroid dienone is 1. The highest BCUT2D eigenvalue weighted by atomic mass is 16.5. The highest BCUT2D eigenvalue weighted by Crippen LogP contribution is 2.41. The first kappa shape index (κ1) is 19.1. The molecule has 0 saturated carbocycles. The van der Waals surface area contributed by atoms with Crippen molar-refractivity contribution in [1.29, 1.82) is 0 Å². The molecule has 0 aromatic heterocycles. The number of nitrogens with zero attached hydrogens (tertiary/aromatic N) is 5. The fraction of sp³-hybridized carbons (Fsp3) is 0.450. The van der Waals surface area contributed by atoms with Crippen LogP contribution in [0, 0.1) is 0 Å². The molecule has 3 heterocycles. The van der Waals surface area contributed by atoms with Gasteiger partial charge in [-0.1, -0.05) is 6.92 Å². The Kier molecular flexibility index (Phi) is 4.60. The molecule has 1 saturated heterocycles. The zero-order chi connectivity index (χ0) is 20.9. The number of carbonyl (C=O) groups is 2. The lowest BCUT2D eigenvalue weighted by Gasteiger charge is -2.40. The zero-order valence-electron chi connectivity index (χ0n) is 17.2. The Morgan fingerprint density at radius 1 is 1.17 bits per heavy atom. The van der Waals surface area contributed by atoms with Crippen molar-refractivity contribution < 1.29 is 19.1 Å². The second-order valence-corrected chi connectivity index (χ2v) is 7.22. The Balaban J connectivity index is 1.74. The van der Waals surface area contributed by atoms with Crippen LogP contribution in [0.15, 0.2) is 35.1 Å². The molecule has 154 valence electrons. The van der Waals surface area contributed by atoms with E-state index in [9.17, 15) is 9.59 Å². The summed E-state index contributed by atoms with van der Waals surface area (Å²) in [4.78, 5) is 37.2. The van der Waals surface area contributed by atoms with Gasteiger partial charge in [-0.3, -0.25) is 14.6 Å². The fourth-order valence-electron chi connectivity index (χ4n) is 4.05. The lowest BCUT2D eigenvalue weighted by Crippen LogP contribution is -2.64. The summed E-state index contributed by atoms with van der Waals surface area (Å²) in [5.41, 5.74) is 1.69. The van der Waals surface area contributed by atoms with Crippen LogP contribution >= 0.6 is 0 Å². The summed E-state index contributed by atoms with van der Waals surface area (Å²) in [6, 6.07) is 4.67. The van der Waals surface area contributed by atoms with Gasteiger partial charge in [-0.25, -0.2) is 9.79 Å². The lowest BCUT2D eigenvalue weighted by atomic mass is 10.1. The summed E-state index contributed by atoms with van der Waals surface area (Å²) in [6.45, 7) is 4.29. The third-order valence-corrected chi connectivity index (χ3v) is 5.46. The van der Waals surface area contributed by atoms with Gasteiger partial charge in [0.1, 0.15) is 11.5 Å². The quantitative estimate of drug-likeness (QED) is 0.754. The van der Waals surface area contributed by atoms with Gasteiger partial charge in [-0.15, -0.1) is 0 Å². The largest absolute Gasteiger partial charge is 0.497 e. The summed E-state index contributed by atoms with van der Waals surface area (Å²) in [5.74, 6) is 1.69. The standard InChI is InChI=1S/C20H25N5O4/c1-6-9-23-18(26)16-17(22(3)20(23)27)21-19-24(16)11-12(2)25(19)14-8-7-13(28-4)10-15(14)29-5/h7-8,10-11,16-17H,6,9H2,1-5H3.